The minimum absolute atomic E-state index is 0.191. The number of carbonyl (C=O) groups excluding carboxylic acids is 1. The summed E-state index contributed by atoms with van der Waals surface area (Å²) in [6.07, 6.45) is 2.31. The van der Waals surface area contributed by atoms with Crippen molar-refractivity contribution in [3.8, 4) is 0 Å². The number of carboxylic acid groups (broad SMARTS) is 1. The molecule has 0 aliphatic carbocycles. The predicted molar refractivity (Wildman–Crippen MR) is 84.6 cm³/mol. The van der Waals surface area contributed by atoms with Crippen LogP contribution in [0.4, 0.5) is 0 Å². The van der Waals surface area contributed by atoms with Gasteiger partial charge < -0.3 is 10.4 Å². The summed E-state index contributed by atoms with van der Waals surface area (Å²) in [7, 11) is 0. The molecule has 1 amide bonds. The van der Waals surface area contributed by atoms with Crippen molar-refractivity contribution in [2.24, 2.45) is 0 Å². The summed E-state index contributed by atoms with van der Waals surface area (Å²) in [6.45, 7) is 1.75. The highest BCUT2D eigenvalue weighted by molar-refractivity contribution is 7.17. The maximum Gasteiger partial charge on any atom is 0.326 e. The molecule has 2 aromatic rings. The second-order valence-corrected chi connectivity index (χ2v) is 5.89. The highest BCUT2D eigenvalue weighted by Gasteiger charge is 2.17. The fraction of sp³-hybridized carbons (Fsp3) is 0.375. The average molecular weight is 305 g/mol. The number of rotatable bonds is 7. The molecule has 2 rings (SSSR count). The Bertz CT molecular complexity index is 635. The molecule has 0 fully saturated rings. The van der Waals surface area contributed by atoms with Crippen molar-refractivity contribution in [3.63, 3.8) is 0 Å². The van der Waals surface area contributed by atoms with Crippen LogP contribution in [0.25, 0.3) is 10.1 Å². The van der Waals surface area contributed by atoms with Gasteiger partial charge >= 0.3 is 5.97 Å². The molecule has 0 radical (unpaired) electrons. The molecular weight excluding hydrogens is 286 g/mol. The first-order valence-electron chi connectivity index (χ1n) is 7.09. The first-order valence-corrected chi connectivity index (χ1v) is 7.97. The summed E-state index contributed by atoms with van der Waals surface area (Å²) in [5.41, 5.74) is 1.26. The van der Waals surface area contributed by atoms with E-state index in [9.17, 15) is 9.59 Å². The number of benzene rings is 1. The Morgan fingerprint density at radius 3 is 2.81 bits per heavy atom. The zero-order chi connectivity index (χ0) is 15.2. The second kappa shape index (κ2) is 7.22. The van der Waals surface area contributed by atoms with Crippen LogP contribution in [0.2, 0.25) is 0 Å². The molecule has 0 saturated carbocycles. The van der Waals surface area contributed by atoms with Crippen LogP contribution in [0.1, 0.15) is 31.7 Å². The Morgan fingerprint density at radius 2 is 2.10 bits per heavy atom. The number of carbonyl (C=O) groups is 2. The summed E-state index contributed by atoms with van der Waals surface area (Å²) in [4.78, 5) is 22.6. The van der Waals surface area contributed by atoms with Crippen LogP contribution >= 0.6 is 11.3 Å². The van der Waals surface area contributed by atoms with Crippen molar-refractivity contribution in [3.05, 3.63) is 35.2 Å². The predicted octanol–water partition coefficient (Wildman–Crippen LogP) is 3.20. The lowest BCUT2D eigenvalue weighted by atomic mass is 10.1. The van der Waals surface area contributed by atoms with Gasteiger partial charge in [0, 0.05) is 11.1 Å². The number of thiophene rings is 1. The maximum absolute atomic E-state index is 11.7. The van der Waals surface area contributed by atoms with Crippen LogP contribution in [-0.4, -0.2) is 23.0 Å². The van der Waals surface area contributed by atoms with Crippen LogP contribution in [0.15, 0.2) is 29.6 Å². The minimum atomic E-state index is -0.977. The Morgan fingerprint density at radius 1 is 1.33 bits per heavy atom. The topological polar surface area (TPSA) is 66.4 Å². The standard InChI is InChI=1S/C16H19NO3S/c1-2-13(16(19)20)17-15(18)9-5-6-11-10-21-14-8-4-3-7-12(11)14/h3-4,7-8,10,13H,2,5-6,9H2,1H3,(H,17,18)(H,19,20). The zero-order valence-electron chi connectivity index (χ0n) is 12.0. The van der Waals surface area contributed by atoms with Gasteiger partial charge in [-0.05, 0) is 41.7 Å². The first kappa shape index (κ1) is 15.5. The van der Waals surface area contributed by atoms with Gasteiger partial charge in [0.2, 0.25) is 5.91 Å². The van der Waals surface area contributed by atoms with E-state index in [4.69, 9.17) is 5.11 Å². The minimum Gasteiger partial charge on any atom is -0.480 e. The van der Waals surface area contributed by atoms with Crippen molar-refractivity contribution in [2.45, 2.75) is 38.6 Å². The first-order chi connectivity index (χ1) is 10.1. The lowest BCUT2D eigenvalue weighted by molar-refractivity contribution is -0.141. The molecule has 2 N–H and O–H groups in total. The van der Waals surface area contributed by atoms with Crippen molar-refractivity contribution >= 4 is 33.3 Å². The molecule has 5 heteroatoms. The van der Waals surface area contributed by atoms with Crippen LogP contribution in [-0.2, 0) is 16.0 Å². The van der Waals surface area contributed by atoms with E-state index in [0.717, 1.165) is 12.8 Å². The average Bonchev–Trinajstić information content (AvgIpc) is 2.88. The van der Waals surface area contributed by atoms with E-state index in [1.54, 1.807) is 18.3 Å². The molecule has 1 unspecified atom stereocenters. The van der Waals surface area contributed by atoms with Crippen molar-refractivity contribution in [2.75, 3.05) is 0 Å². The van der Waals surface area contributed by atoms with Crippen LogP contribution in [0.5, 0.6) is 0 Å². The molecule has 0 aliphatic rings. The molecule has 4 nitrogen and oxygen atoms in total. The number of carboxylic acids is 1. The third kappa shape index (κ3) is 4.04. The maximum atomic E-state index is 11.7. The van der Waals surface area contributed by atoms with E-state index in [1.165, 1.54) is 15.6 Å². The SMILES string of the molecule is CCC(NC(=O)CCCc1csc2ccccc12)C(=O)O. The van der Waals surface area contributed by atoms with E-state index in [2.05, 4.69) is 22.8 Å². The third-order valence-corrected chi connectivity index (χ3v) is 4.46. The van der Waals surface area contributed by atoms with Gasteiger partial charge in [0.25, 0.3) is 0 Å². The zero-order valence-corrected chi connectivity index (χ0v) is 12.8. The molecule has 21 heavy (non-hydrogen) atoms. The number of aryl methyl sites for hydroxylation is 1. The van der Waals surface area contributed by atoms with Gasteiger partial charge in [-0.3, -0.25) is 4.79 Å². The summed E-state index contributed by atoms with van der Waals surface area (Å²) in [5.74, 6) is -1.17. The van der Waals surface area contributed by atoms with Crippen molar-refractivity contribution in [1.82, 2.24) is 5.32 Å². The Kier molecular flexibility index (Phi) is 5.33. The van der Waals surface area contributed by atoms with Crippen LogP contribution in [0.3, 0.4) is 0 Å². The number of hydrogen-bond acceptors (Lipinski definition) is 3. The summed E-state index contributed by atoms with van der Waals surface area (Å²) in [5, 5.41) is 14.8. The van der Waals surface area contributed by atoms with Gasteiger partial charge in [0.05, 0.1) is 0 Å². The smallest absolute Gasteiger partial charge is 0.326 e. The van der Waals surface area contributed by atoms with Gasteiger partial charge in [-0.15, -0.1) is 11.3 Å². The van der Waals surface area contributed by atoms with Crippen LogP contribution < -0.4 is 5.32 Å². The summed E-state index contributed by atoms with van der Waals surface area (Å²) in [6, 6.07) is 7.45. The van der Waals surface area contributed by atoms with Crippen molar-refractivity contribution < 1.29 is 14.7 Å². The molecule has 1 aromatic heterocycles. The summed E-state index contributed by atoms with van der Waals surface area (Å²) >= 11 is 1.71. The second-order valence-electron chi connectivity index (χ2n) is 4.98. The molecule has 1 atom stereocenters. The fourth-order valence-electron chi connectivity index (χ4n) is 2.27. The van der Waals surface area contributed by atoms with Gasteiger partial charge in [-0.2, -0.15) is 0 Å². The highest BCUT2D eigenvalue weighted by Crippen LogP contribution is 2.26. The number of aliphatic carboxylic acids is 1. The molecule has 0 bridgehead atoms. The highest BCUT2D eigenvalue weighted by atomic mass is 32.1. The molecule has 1 aromatic carbocycles. The number of nitrogens with one attached hydrogen (secondary N) is 1. The van der Waals surface area contributed by atoms with E-state index in [0.29, 0.717) is 12.8 Å². The van der Waals surface area contributed by atoms with E-state index < -0.39 is 12.0 Å². The fourth-order valence-corrected chi connectivity index (χ4v) is 3.27. The Labute approximate surface area is 127 Å². The molecule has 0 spiro atoms. The molecular formula is C16H19NO3S. The van der Waals surface area contributed by atoms with Gasteiger partial charge in [-0.25, -0.2) is 4.79 Å². The number of amides is 1. The van der Waals surface area contributed by atoms with Crippen molar-refractivity contribution in [1.29, 1.82) is 0 Å². The van der Waals surface area contributed by atoms with Gasteiger partial charge in [0.1, 0.15) is 6.04 Å². The normalized spacial score (nSPS) is 12.2. The Hall–Kier alpha value is -1.88. The third-order valence-electron chi connectivity index (χ3n) is 3.45. The van der Waals surface area contributed by atoms with E-state index in [1.807, 2.05) is 12.1 Å². The van der Waals surface area contributed by atoms with Gasteiger partial charge in [0.15, 0.2) is 0 Å². The molecule has 112 valence electrons. The van der Waals surface area contributed by atoms with Gasteiger partial charge in [-0.1, -0.05) is 25.1 Å². The van der Waals surface area contributed by atoms with E-state index in [-0.39, 0.29) is 5.91 Å². The lowest BCUT2D eigenvalue weighted by Crippen LogP contribution is -2.40. The number of fused-ring (bicyclic) bond motifs is 1. The molecule has 0 aliphatic heterocycles. The summed E-state index contributed by atoms with van der Waals surface area (Å²) < 4.78 is 1.26. The van der Waals surface area contributed by atoms with Crippen LogP contribution in [0, 0.1) is 0 Å². The quantitative estimate of drug-likeness (QED) is 0.825. The molecule has 1 heterocycles. The molecule has 0 saturated heterocycles. The number of hydrogen-bond donors (Lipinski definition) is 2. The monoisotopic (exact) mass is 305 g/mol. The van der Waals surface area contributed by atoms with E-state index >= 15 is 0 Å². The largest absolute Gasteiger partial charge is 0.480 e. The Balaban J connectivity index is 1.84. The lowest BCUT2D eigenvalue weighted by Gasteiger charge is -2.11.